The van der Waals surface area contributed by atoms with Crippen LogP contribution in [0, 0.1) is 22.7 Å². The molecule has 0 saturated carbocycles. The summed E-state index contributed by atoms with van der Waals surface area (Å²) in [5.41, 5.74) is 2.35. The van der Waals surface area contributed by atoms with Crippen LogP contribution in [0.15, 0.2) is 28.7 Å². The third kappa shape index (κ3) is 2.51. The van der Waals surface area contributed by atoms with Gasteiger partial charge in [-0.25, -0.2) is 0 Å². The molecule has 0 amide bonds. The van der Waals surface area contributed by atoms with Gasteiger partial charge in [-0.15, -0.1) is 11.8 Å². The number of nitriles is 2. The quantitative estimate of drug-likeness (QED) is 0.847. The van der Waals surface area contributed by atoms with E-state index in [1.807, 2.05) is 30.4 Å². The monoisotopic (exact) mass is 336 g/mol. The molecule has 6 heteroatoms. The molecule has 0 aliphatic heterocycles. The van der Waals surface area contributed by atoms with Gasteiger partial charge in [0.05, 0.1) is 17.9 Å². The summed E-state index contributed by atoms with van der Waals surface area (Å²) in [5, 5.41) is 27.4. The number of carbonyl (C=O) groups excluding carboxylic acids is 1. The minimum atomic E-state index is -0.855. The molecule has 2 aliphatic carbocycles. The fourth-order valence-corrected chi connectivity index (χ4v) is 4.09. The van der Waals surface area contributed by atoms with Crippen LogP contribution < -0.4 is 0 Å². The Bertz CT molecular complexity index is 900. The van der Waals surface area contributed by atoms with E-state index in [0.29, 0.717) is 17.7 Å². The van der Waals surface area contributed by atoms with Gasteiger partial charge in [0.2, 0.25) is 0 Å². The molecule has 24 heavy (non-hydrogen) atoms. The predicted molar refractivity (Wildman–Crippen MR) is 89.0 cm³/mol. The van der Waals surface area contributed by atoms with Crippen LogP contribution in [0.1, 0.15) is 35.4 Å². The third-order valence-corrected chi connectivity index (χ3v) is 5.21. The SMILES string of the molecule is N#CC1=C(C#N)c2ccc(SCCC(=O)O)c3c2C(CC=C3)C1=O. The number of benzene rings is 1. The summed E-state index contributed by atoms with van der Waals surface area (Å²) in [6.45, 7) is 0. The van der Waals surface area contributed by atoms with E-state index < -0.39 is 11.9 Å². The molecular formula is C18H12N2O3S. The van der Waals surface area contributed by atoms with Gasteiger partial charge in [0.25, 0.3) is 0 Å². The molecule has 5 nitrogen and oxygen atoms in total. The minimum absolute atomic E-state index is 0.0508. The van der Waals surface area contributed by atoms with Gasteiger partial charge >= 0.3 is 5.97 Å². The van der Waals surface area contributed by atoms with Gasteiger partial charge in [-0.2, -0.15) is 10.5 Å². The Morgan fingerprint density at radius 1 is 1.29 bits per heavy atom. The Labute approximate surface area is 142 Å². The second-order valence-corrected chi connectivity index (χ2v) is 6.60. The van der Waals surface area contributed by atoms with E-state index in [1.165, 1.54) is 11.8 Å². The summed E-state index contributed by atoms with van der Waals surface area (Å²) in [5.74, 6) is -1.17. The third-order valence-electron chi connectivity index (χ3n) is 4.13. The van der Waals surface area contributed by atoms with Gasteiger partial charge in [0.15, 0.2) is 5.78 Å². The summed E-state index contributed by atoms with van der Waals surface area (Å²) < 4.78 is 0. The number of nitrogens with zero attached hydrogens (tertiary/aromatic N) is 2. The van der Waals surface area contributed by atoms with Crippen molar-refractivity contribution >= 4 is 35.2 Å². The van der Waals surface area contributed by atoms with Crippen LogP contribution in [0.25, 0.3) is 11.6 Å². The molecular weight excluding hydrogens is 324 g/mol. The van der Waals surface area contributed by atoms with E-state index >= 15 is 0 Å². The van der Waals surface area contributed by atoms with E-state index in [9.17, 15) is 20.1 Å². The fourth-order valence-electron chi connectivity index (χ4n) is 3.09. The Kier molecular flexibility index (Phi) is 4.24. The smallest absolute Gasteiger partial charge is 0.304 e. The van der Waals surface area contributed by atoms with Crippen molar-refractivity contribution < 1.29 is 14.7 Å². The first kappa shape index (κ1) is 16.0. The predicted octanol–water partition coefficient (Wildman–Crippen LogP) is 3.14. The number of carboxylic acid groups (broad SMARTS) is 1. The van der Waals surface area contributed by atoms with Gasteiger partial charge < -0.3 is 5.11 Å². The zero-order chi connectivity index (χ0) is 17.3. The molecule has 1 N–H and O–H groups in total. The van der Waals surface area contributed by atoms with Crippen LogP contribution >= 0.6 is 11.8 Å². The maximum Gasteiger partial charge on any atom is 0.304 e. The number of Topliss-reactive ketones (excluding diaryl/α,β-unsaturated/α-hetero) is 1. The number of thioether (sulfide) groups is 1. The summed E-state index contributed by atoms with van der Waals surface area (Å²) in [6, 6.07) is 7.46. The first-order valence-corrected chi connectivity index (χ1v) is 8.34. The highest BCUT2D eigenvalue weighted by Gasteiger charge is 2.37. The van der Waals surface area contributed by atoms with Crippen molar-refractivity contribution in [3.8, 4) is 12.1 Å². The van der Waals surface area contributed by atoms with E-state index in [0.717, 1.165) is 16.0 Å². The van der Waals surface area contributed by atoms with Crippen molar-refractivity contribution in [2.75, 3.05) is 5.75 Å². The maximum atomic E-state index is 12.6. The average Bonchev–Trinajstić information content (AvgIpc) is 2.58. The topological polar surface area (TPSA) is 102 Å². The van der Waals surface area contributed by atoms with Gasteiger partial charge in [0, 0.05) is 10.6 Å². The molecule has 0 bridgehead atoms. The van der Waals surface area contributed by atoms with Gasteiger partial charge in [-0.3, -0.25) is 9.59 Å². The molecule has 0 aromatic heterocycles. The molecule has 1 atom stereocenters. The lowest BCUT2D eigenvalue weighted by Crippen LogP contribution is -2.24. The standard InChI is InChI=1S/C18H12N2O3S/c19-8-13-10-4-5-15(24-7-6-16(21)22)11-2-1-3-12(17(10)11)18(23)14(13)9-20/h1-2,4-5,12H,3,6-7H2,(H,21,22). The highest BCUT2D eigenvalue weighted by Crippen LogP contribution is 2.45. The van der Waals surface area contributed by atoms with Crippen molar-refractivity contribution in [2.24, 2.45) is 0 Å². The number of aliphatic carboxylic acids is 1. The molecule has 1 unspecified atom stereocenters. The van der Waals surface area contributed by atoms with Crippen LogP contribution in [0.4, 0.5) is 0 Å². The van der Waals surface area contributed by atoms with E-state index in [1.54, 1.807) is 6.07 Å². The molecule has 0 spiro atoms. The van der Waals surface area contributed by atoms with Crippen LogP contribution in [-0.4, -0.2) is 22.6 Å². The highest BCUT2D eigenvalue weighted by atomic mass is 32.2. The van der Waals surface area contributed by atoms with Crippen LogP contribution in [0.2, 0.25) is 0 Å². The molecule has 1 aromatic carbocycles. The normalized spacial score (nSPS) is 17.9. The van der Waals surface area contributed by atoms with Crippen LogP contribution in [-0.2, 0) is 9.59 Å². The second-order valence-electron chi connectivity index (χ2n) is 5.46. The number of carboxylic acids is 1. The maximum absolute atomic E-state index is 12.6. The molecule has 0 saturated heterocycles. The summed E-state index contributed by atoms with van der Waals surface area (Å²) in [6.07, 6.45) is 4.36. The van der Waals surface area contributed by atoms with Gasteiger partial charge in [-0.1, -0.05) is 18.2 Å². The van der Waals surface area contributed by atoms with Gasteiger partial charge in [-0.05, 0) is 29.2 Å². The Morgan fingerprint density at radius 3 is 2.71 bits per heavy atom. The first-order chi connectivity index (χ1) is 11.6. The first-order valence-electron chi connectivity index (χ1n) is 7.35. The zero-order valence-corrected chi connectivity index (χ0v) is 13.4. The van der Waals surface area contributed by atoms with E-state index in [-0.39, 0.29) is 23.4 Å². The van der Waals surface area contributed by atoms with E-state index in [4.69, 9.17) is 5.11 Å². The lowest BCUT2D eigenvalue weighted by atomic mass is 9.73. The number of hydrogen-bond donors (Lipinski definition) is 1. The number of carbonyl (C=O) groups is 2. The molecule has 118 valence electrons. The average molecular weight is 336 g/mol. The zero-order valence-electron chi connectivity index (χ0n) is 12.6. The lowest BCUT2D eigenvalue weighted by Gasteiger charge is -2.29. The van der Waals surface area contributed by atoms with Crippen LogP contribution in [0.5, 0.6) is 0 Å². The molecule has 0 heterocycles. The number of rotatable bonds is 4. The van der Waals surface area contributed by atoms with Crippen molar-refractivity contribution in [3.63, 3.8) is 0 Å². The number of hydrogen-bond acceptors (Lipinski definition) is 5. The molecule has 3 rings (SSSR count). The second kappa shape index (κ2) is 6.35. The van der Waals surface area contributed by atoms with Crippen molar-refractivity contribution in [3.05, 3.63) is 40.5 Å². The van der Waals surface area contributed by atoms with Crippen molar-refractivity contribution in [1.29, 1.82) is 10.5 Å². The lowest BCUT2D eigenvalue weighted by molar-refractivity contribution is -0.136. The van der Waals surface area contributed by atoms with E-state index in [2.05, 4.69) is 0 Å². The number of ketones is 1. The molecule has 0 radical (unpaired) electrons. The Hall–Kier alpha value is -2.83. The van der Waals surface area contributed by atoms with Crippen molar-refractivity contribution in [2.45, 2.75) is 23.7 Å². The number of allylic oxidation sites excluding steroid dienone is 3. The molecule has 1 aromatic rings. The molecule has 0 fully saturated rings. The highest BCUT2D eigenvalue weighted by molar-refractivity contribution is 7.99. The molecule has 2 aliphatic rings. The van der Waals surface area contributed by atoms with Crippen molar-refractivity contribution in [1.82, 2.24) is 0 Å². The largest absolute Gasteiger partial charge is 0.481 e. The summed E-state index contributed by atoms with van der Waals surface area (Å²) in [4.78, 5) is 24.1. The fraction of sp³-hybridized carbons (Fsp3) is 0.222. The Balaban J connectivity index is 2.12. The minimum Gasteiger partial charge on any atom is -0.481 e. The van der Waals surface area contributed by atoms with Crippen LogP contribution in [0.3, 0.4) is 0 Å². The summed E-state index contributed by atoms with van der Waals surface area (Å²) in [7, 11) is 0. The summed E-state index contributed by atoms with van der Waals surface area (Å²) >= 11 is 1.42. The van der Waals surface area contributed by atoms with Gasteiger partial charge in [0.1, 0.15) is 17.7 Å². The Morgan fingerprint density at radius 2 is 2.04 bits per heavy atom.